The van der Waals surface area contributed by atoms with E-state index in [0.29, 0.717) is 15.8 Å². The van der Waals surface area contributed by atoms with Crippen LogP contribution in [0, 0.1) is 6.92 Å². The third-order valence-corrected chi connectivity index (χ3v) is 3.73. The van der Waals surface area contributed by atoms with Crippen molar-refractivity contribution in [3.63, 3.8) is 0 Å². The second-order valence-corrected chi connectivity index (χ2v) is 5.94. The number of carboxylic acid groups (broad SMARTS) is 1. The van der Waals surface area contributed by atoms with E-state index >= 15 is 0 Å². The number of aromatic carboxylic acids is 1. The molecule has 2 rings (SSSR count). The van der Waals surface area contributed by atoms with Gasteiger partial charge < -0.3 is 15.2 Å². The summed E-state index contributed by atoms with van der Waals surface area (Å²) in [5.74, 6) is -0.890. The number of hydrogen-bond acceptors (Lipinski definition) is 3. The molecule has 24 heavy (non-hydrogen) atoms. The van der Waals surface area contributed by atoms with Gasteiger partial charge in [0.1, 0.15) is 5.75 Å². The first-order valence-electron chi connectivity index (χ1n) is 7.04. The molecule has 2 N–H and O–H groups in total. The summed E-state index contributed by atoms with van der Waals surface area (Å²) in [4.78, 5) is 22.6. The molecule has 5 nitrogen and oxygen atoms in total. The maximum atomic E-state index is 11.9. The molecular formula is C17H15Cl2NO4. The van der Waals surface area contributed by atoms with Crippen LogP contribution in [0.2, 0.25) is 10.0 Å². The Morgan fingerprint density at radius 2 is 1.83 bits per heavy atom. The van der Waals surface area contributed by atoms with Crippen LogP contribution < -0.4 is 10.1 Å². The topological polar surface area (TPSA) is 75.6 Å². The number of carbonyl (C=O) groups is 2. The van der Waals surface area contributed by atoms with Crippen LogP contribution in [0.15, 0.2) is 36.4 Å². The van der Waals surface area contributed by atoms with Gasteiger partial charge in [-0.05, 0) is 42.3 Å². The zero-order valence-electron chi connectivity index (χ0n) is 12.8. The highest BCUT2D eigenvalue weighted by Crippen LogP contribution is 2.31. The normalized spacial score (nSPS) is 10.3. The SMILES string of the molecule is Cc1cc(Cl)cc(Cl)c1OCC(=O)NCc1ccc(C(=O)O)cc1. The number of ether oxygens (including phenoxy) is 1. The molecule has 0 saturated carbocycles. The van der Waals surface area contributed by atoms with Gasteiger partial charge in [-0.15, -0.1) is 0 Å². The summed E-state index contributed by atoms with van der Waals surface area (Å²) in [6, 6.07) is 9.50. The van der Waals surface area contributed by atoms with Crippen molar-refractivity contribution in [2.24, 2.45) is 0 Å². The number of amides is 1. The number of carbonyl (C=O) groups excluding carboxylic acids is 1. The summed E-state index contributed by atoms with van der Waals surface area (Å²) in [6.07, 6.45) is 0. The van der Waals surface area contributed by atoms with Gasteiger partial charge in [-0.1, -0.05) is 35.3 Å². The fourth-order valence-corrected chi connectivity index (χ4v) is 2.68. The Labute approximate surface area is 149 Å². The number of nitrogens with one attached hydrogen (secondary N) is 1. The molecule has 0 aliphatic heterocycles. The first-order valence-corrected chi connectivity index (χ1v) is 7.80. The Balaban J connectivity index is 1.87. The van der Waals surface area contributed by atoms with Gasteiger partial charge in [0.05, 0.1) is 10.6 Å². The molecule has 0 bridgehead atoms. The number of benzene rings is 2. The van der Waals surface area contributed by atoms with Gasteiger partial charge in [-0.3, -0.25) is 4.79 Å². The molecule has 126 valence electrons. The highest BCUT2D eigenvalue weighted by Gasteiger charge is 2.10. The third kappa shape index (κ3) is 4.88. The van der Waals surface area contributed by atoms with Crippen LogP contribution in [-0.4, -0.2) is 23.6 Å². The summed E-state index contributed by atoms with van der Waals surface area (Å²) in [7, 11) is 0. The number of halogens is 2. The standard InChI is InChI=1S/C17H15Cl2NO4/c1-10-6-13(18)7-14(19)16(10)24-9-15(21)20-8-11-2-4-12(5-3-11)17(22)23/h2-7H,8-9H2,1H3,(H,20,21)(H,22,23). The van der Waals surface area contributed by atoms with E-state index in [1.54, 1.807) is 31.2 Å². The van der Waals surface area contributed by atoms with Crippen molar-refractivity contribution >= 4 is 35.1 Å². The molecule has 2 aromatic carbocycles. The molecule has 7 heteroatoms. The molecule has 2 aromatic rings. The zero-order valence-corrected chi connectivity index (χ0v) is 14.3. The quantitative estimate of drug-likeness (QED) is 0.815. The molecule has 0 spiro atoms. The summed E-state index contributed by atoms with van der Waals surface area (Å²) in [5, 5.41) is 12.4. The fraction of sp³-hybridized carbons (Fsp3) is 0.176. The van der Waals surface area contributed by atoms with E-state index in [2.05, 4.69) is 5.32 Å². The maximum Gasteiger partial charge on any atom is 0.335 e. The van der Waals surface area contributed by atoms with Crippen LogP contribution >= 0.6 is 23.2 Å². The average molecular weight is 368 g/mol. The smallest absolute Gasteiger partial charge is 0.335 e. The largest absolute Gasteiger partial charge is 0.482 e. The van der Waals surface area contributed by atoms with E-state index in [4.69, 9.17) is 33.0 Å². The van der Waals surface area contributed by atoms with Crippen LogP contribution in [0.25, 0.3) is 0 Å². The molecule has 0 radical (unpaired) electrons. The van der Waals surface area contributed by atoms with Crippen molar-refractivity contribution < 1.29 is 19.4 Å². The van der Waals surface area contributed by atoms with Crippen LogP contribution in [0.4, 0.5) is 0 Å². The first kappa shape index (κ1) is 18.1. The van der Waals surface area contributed by atoms with Gasteiger partial charge in [0.25, 0.3) is 5.91 Å². The number of carboxylic acids is 1. The lowest BCUT2D eigenvalue weighted by molar-refractivity contribution is -0.123. The van der Waals surface area contributed by atoms with Crippen molar-refractivity contribution in [1.29, 1.82) is 0 Å². The minimum absolute atomic E-state index is 0.185. The molecular weight excluding hydrogens is 353 g/mol. The Morgan fingerprint density at radius 3 is 2.42 bits per heavy atom. The molecule has 0 aliphatic carbocycles. The first-order chi connectivity index (χ1) is 11.4. The predicted octanol–water partition coefficient (Wildman–Crippen LogP) is 3.70. The number of aryl methyl sites for hydroxylation is 1. The van der Waals surface area contributed by atoms with Crippen LogP contribution in [0.5, 0.6) is 5.75 Å². The highest BCUT2D eigenvalue weighted by atomic mass is 35.5. The summed E-state index contributed by atoms with van der Waals surface area (Å²) < 4.78 is 5.44. The van der Waals surface area contributed by atoms with E-state index < -0.39 is 5.97 Å². The van der Waals surface area contributed by atoms with Gasteiger partial charge in [-0.2, -0.15) is 0 Å². The lowest BCUT2D eigenvalue weighted by atomic mass is 10.1. The van der Waals surface area contributed by atoms with Crippen molar-refractivity contribution in [3.05, 3.63) is 63.1 Å². The molecule has 0 atom stereocenters. The van der Waals surface area contributed by atoms with Gasteiger partial charge in [0.2, 0.25) is 0 Å². The van der Waals surface area contributed by atoms with E-state index in [0.717, 1.165) is 11.1 Å². The Kier molecular flexibility index (Phi) is 6.06. The predicted molar refractivity (Wildman–Crippen MR) is 91.9 cm³/mol. The number of hydrogen-bond donors (Lipinski definition) is 2. The molecule has 0 saturated heterocycles. The number of rotatable bonds is 6. The minimum atomic E-state index is -0.991. The second kappa shape index (κ2) is 8.04. The molecule has 0 aromatic heterocycles. The van der Waals surface area contributed by atoms with E-state index in [9.17, 15) is 9.59 Å². The van der Waals surface area contributed by atoms with Crippen molar-refractivity contribution in [2.75, 3.05) is 6.61 Å². The maximum absolute atomic E-state index is 11.9. The molecule has 0 aliphatic rings. The Morgan fingerprint density at radius 1 is 1.17 bits per heavy atom. The van der Waals surface area contributed by atoms with E-state index in [1.807, 2.05) is 0 Å². The van der Waals surface area contributed by atoms with Gasteiger partial charge in [-0.25, -0.2) is 4.79 Å². The lowest BCUT2D eigenvalue weighted by Crippen LogP contribution is -2.28. The molecule has 0 heterocycles. The van der Waals surface area contributed by atoms with Gasteiger partial charge in [0, 0.05) is 11.6 Å². The van der Waals surface area contributed by atoms with Crippen molar-refractivity contribution in [2.45, 2.75) is 13.5 Å². The van der Waals surface area contributed by atoms with Crippen LogP contribution in [0.1, 0.15) is 21.5 Å². The van der Waals surface area contributed by atoms with E-state index in [1.165, 1.54) is 12.1 Å². The van der Waals surface area contributed by atoms with Crippen molar-refractivity contribution in [3.8, 4) is 5.75 Å². The van der Waals surface area contributed by atoms with E-state index in [-0.39, 0.29) is 24.6 Å². The summed E-state index contributed by atoms with van der Waals surface area (Å²) in [6.45, 7) is 1.87. The highest BCUT2D eigenvalue weighted by molar-refractivity contribution is 6.35. The summed E-state index contributed by atoms with van der Waals surface area (Å²) >= 11 is 11.9. The van der Waals surface area contributed by atoms with Crippen molar-refractivity contribution in [1.82, 2.24) is 5.32 Å². The van der Waals surface area contributed by atoms with Gasteiger partial charge >= 0.3 is 5.97 Å². The Bertz CT molecular complexity index is 737. The lowest BCUT2D eigenvalue weighted by Gasteiger charge is -2.11. The second-order valence-electron chi connectivity index (χ2n) is 5.10. The monoisotopic (exact) mass is 367 g/mol. The van der Waals surface area contributed by atoms with Crippen LogP contribution in [-0.2, 0) is 11.3 Å². The zero-order chi connectivity index (χ0) is 17.7. The molecule has 1 amide bonds. The third-order valence-electron chi connectivity index (χ3n) is 3.23. The summed E-state index contributed by atoms with van der Waals surface area (Å²) in [5.41, 5.74) is 1.72. The molecule has 0 unspecified atom stereocenters. The van der Waals surface area contributed by atoms with Crippen LogP contribution in [0.3, 0.4) is 0 Å². The fourth-order valence-electron chi connectivity index (χ4n) is 2.03. The average Bonchev–Trinajstić information content (AvgIpc) is 2.52. The Hall–Kier alpha value is -2.24. The minimum Gasteiger partial charge on any atom is -0.482 e. The molecule has 0 fully saturated rings. The van der Waals surface area contributed by atoms with Gasteiger partial charge in [0.15, 0.2) is 6.61 Å².